The molecule has 130 valence electrons. The van der Waals surface area contributed by atoms with Gasteiger partial charge >= 0.3 is 0 Å². The number of carbonyl (C=O) groups excluding carboxylic acids is 2. The van der Waals surface area contributed by atoms with E-state index in [-0.39, 0.29) is 11.8 Å². The highest BCUT2D eigenvalue weighted by Gasteiger charge is 2.16. The van der Waals surface area contributed by atoms with Crippen LogP contribution in [-0.4, -0.2) is 11.8 Å². The van der Waals surface area contributed by atoms with Crippen molar-refractivity contribution in [1.29, 1.82) is 0 Å². The van der Waals surface area contributed by atoms with Gasteiger partial charge in [0.2, 0.25) is 0 Å². The van der Waals surface area contributed by atoms with Gasteiger partial charge in [0, 0.05) is 3.57 Å². The Hall–Kier alpha value is -2.38. The Bertz CT molecular complexity index is 975. The quantitative estimate of drug-likeness (QED) is 0.492. The third kappa shape index (κ3) is 4.23. The fourth-order valence-electron chi connectivity index (χ4n) is 2.38. The number of nitrogens with one attached hydrogen (secondary N) is 2. The molecule has 0 spiro atoms. The van der Waals surface area contributed by atoms with E-state index in [0.717, 1.165) is 3.57 Å². The molecule has 6 heteroatoms. The smallest absolute Gasteiger partial charge is 0.257 e. The molecule has 3 aromatic rings. The molecular weight excluding hydrogens is 463 g/mol. The largest absolute Gasteiger partial charge is 0.321 e. The number of hydrogen-bond acceptors (Lipinski definition) is 2. The van der Waals surface area contributed by atoms with Crippen molar-refractivity contribution in [3.63, 3.8) is 0 Å². The number of anilines is 2. The molecule has 3 aromatic carbocycles. The summed E-state index contributed by atoms with van der Waals surface area (Å²) in [6.07, 6.45) is 0. The summed E-state index contributed by atoms with van der Waals surface area (Å²) in [4.78, 5) is 25.2. The number of halogens is 2. The molecule has 0 atom stereocenters. The normalized spacial score (nSPS) is 10.2. The molecule has 0 aliphatic rings. The molecule has 0 aliphatic carbocycles. The van der Waals surface area contributed by atoms with E-state index in [9.17, 15) is 9.59 Å². The lowest BCUT2D eigenvalue weighted by molar-refractivity contribution is 0.102. The summed E-state index contributed by atoms with van der Waals surface area (Å²) in [5, 5.41) is 6.02. The van der Waals surface area contributed by atoms with E-state index in [1.807, 2.05) is 12.1 Å². The first-order valence-corrected chi connectivity index (χ1v) is 9.22. The maximum Gasteiger partial charge on any atom is 0.257 e. The van der Waals surface area contributed by atoms with Crippen LogP contribution < -0.4 is 10.6 Å². The van der Waals surface area contributed by atoms with Crippen molar-refractivity contribution in [2.75, 3.05) is 10.6 Å². The van der Waals surface area contributed by atoms with Gasteiger partial charge in [0.05, 0.1) is 27.5 Å². The van der Waals surface area contributed by atoms with Gasteiger partial charge in [-0.15, -0.1) is 0 Å². The zero-order chi connectivity index (χ0) is 18.5. The monoisotopic (exact) mass is 476 g/mol. The molecule has 0 aromatic heterocycles. The van der Waals surface area contributed by atoms with Gasteiger partial charge in [-0.3, -0.25) is 9.59 Å². The van der Waals surface area contributed by atoms with Crippen molar-refractivity contribution in [1.82, 2.24) is 0 Å². The fraction of sp³-hybridized carbons (Fsp3) is 0. The Labute approximate surface area is 169 Å². The molecule has 0 aliphatic heterocycles. The van der Waals surface area contributed by atoms with Crippen molar-refractivity contribution in [2.24, 2.45) is 0 Å². The Kier molecular flexibility index (Phi) is 5.90. The SMILES string of the molecule is O=C(Nc1ccccc1C(=O)Nc1ccccc1Cl)c1ccccc1I. The minimum absolute atomic E-state index is 0.270. The molecule has 26 heavy (non-hydrogen) atoms. The van der Waals surface area contributed by atoms with E-state index in [1.54, 1.807) is 60.7 Å². The van der Waals surface area contributed by atoms with Gasteiger partial charge in [0.15, 0.2) is 0 Å². The van der Waals surface area contributed by atoms with E-state index in [4.69, 9.17) is 11.6 Å². The molecule has 0 fully saturated rings. The summed E-state index contributed by atoms with van der Waals surface area (Å²) in [6, 6.07) is 21.1. The highest BCUT2D eigenvalue weighted by molar-refractivity contribution is 14.1. The molecule has 2 amide bonds. The molecule has 0 unspecified atom stereocenters. The van der Waals surface area contributed by atoms with Crippen LogP contribution in [0.3, 0.4) is 0 Å². The second-order valence-corrected chi connectivity index (χ2v) is 6.98. The lowest BCUT2D eigenvalue weighted by atomic mass is 10.1. The first-order chi connectivity index (χ1) is 12.6. The van der Waals surface area contributed by atoms with Crippen molar-refractivity contribution < 1.29 is 9.59 Å². The van der Waals surface area contributed by atoms with Crippen molar-refractivity contribution in [3.05, 3.63) is 92.5 Å². The van der Waals surface area contributed by atoms with Crippen LogP contribution in [0.5, 0.6) is 0 Å². The first kappa shape index (κ1) is 18.4. The van der Waals surface area contributed by atoms with Gasteiger partial charge in [-0.05, 0) is 59.0 Å². The van der Waals surface area contributed by atoms with Crippen molar-refractivity contribution in [3.8, 4) is 0 Å². The summed E-state index contributed by atoms with van der Waals surface area (Å²) in [5.41, 5.74) is 1.85. The van der Waals surface area contributed by atoms with Crippen LogP contribution >= 0.6 is 34.2 Å². The molecule has 2 N–H and O–H groups in total. The number of amides is 2. The third-order valence-corrected chi connectivity index (χ3v) is 4.93. The molecule has 0 radical (unpaired) electrons. The van der Waals surface area contributed by atoms with Crippen LogP contribution in [0.15, 0.2) is 72.8 Å². The number of para-hydroxylation sites is 2. The van der Waals surface area contributed by atoms with Crippen LogP contribution in [0.1, 0.15) is 20.7 Å². The molecular formula is C20H14ClIN2O2. The second kappa shape index (κ2) is 8.33. The molecule has 0 heterocycles. The van der Waals surface area contributed by atoms with Crippen LogP contribution in [0.2, 0.25) is 5.02 Å². The maximum atomic E-state index is 12.6. The first-order valence-electron chi connectivity index (χ1n) is 7.77. The number of hydrogen-bond donors (Lipinski definition) is 2. The van der Waals surface area contributed by atoms with E-state index in [2.05, 4.69) is 33.2 Å². The van der Waals surface area contributed by atoms with Crippen molar-refractivity contribution in [2.45, 2.75) is 0 Å². The average molecular weight is 477 g/mol. The van der Waals surface area contributed by atoms with E-state index < -0.39 is 0 Å². The van der Waals surface area contributed by atoms with Gasteiger partial charge in [-0.2, -0.15) is 0 Å². The van der Waals surface area contributed by atoms with Crippen molar-refractivity contribution >= 4 is 57.4 Å². The standard InChI is InChI=1S/C20H14ClIN2O2/c21-15-9-3-6-12-18(15)24-20(26)14-8-2-5-11-17(14)23-19(25)13-7-1-4-10-16(13)22/h1-12H,(H,23,25)(H,24,26). The van der Waals surface area contributed by atoms with E-state index >= 15 is 0 Å². The summed E-state index contributed by atoms with van der Waals surface area (Å²) >= 11 is 8.20. The van der Waals surface area contributed by atoms with E-state index in [1.165, 1.54) is 0 Å². The minimum Gasteiger partial charge on any atom is -0.321 e. The molecule has 0 saturated heterocycles. The van der Waals surface area contributed by atoms with E-state index in [0.29, 0.717) is 27.5 Å². The zero-order valence-corrected chi connectivity index (χ0v) is 16.4. The molecule has 0 bridgehead atoms. The Morgan fingerprint density at radius 2 is 1.19 bits per heavy atom. The Morgan fingerprint density at radius 1 is 0.692 bits per heavy atom. The summed E-state index contributed by atoms with van der Waals surface area (Å²) < 4.78 is 0.834. The Morgan fingerprint density at radius 3 is 1.88 bits per heavy atom. The predicted octanol–water partition coefficient (Wildman–Crippen LogP) is 5.45. The lowest BCUT2D eigenvalue weighted by Crippen LogP contribution is -2.19. The van der Waals surface area contributed by atoms with Gasteiger partial charge in [-0.25, -0.2) is 0 Å². The molecule has 3 rings (SSSR count). The predicted molar refractivity (Wildman–Crippen MR) is 113 cm³/mol. The molecule has 4 nitrogen and oxygen atoms in total. The topological polar surface area (TPSA) is 58.2 Å². The van der Waals surface area contributed by atoms with Gasteiger partial charge in [0.25, 0.3) is 11.8 Å². The number of rotatable bonds is 4. The molecule has 0 saturated carbocycles. The summed E-state index contributed by atoms with van der Waals surface area (Å²) in [7, 11) is 0. The van der Waals surface area contributed by atoms with Gasteiger partial charge in [-0.1, -0.05) is 48.0 Å². The van der Waals surface area contributed by atoms with Crippen LogP contribution in [0.4, 0.5) is 11.4 Å². The fourth-order valence-corrected chi connectivity index (χ4v) is 3.19. The minimum atomic E-state index is -0.350. The van der Waals surface area contributed by atoms with Gasteiger partial charge in [0.1, 0.15) is 0 Å². The zero-order valence-electron chi connectivity index (χ0n) is 13.5. The maximum absolute atomic E-state index is 12.6. The number of benzene rings is 3. The number of carbonyl (C=O) groups is 2. The highest BCUT2D eigenvalue weighted by atomic mass is 127. The van der Waals surface area contributed by atoms with Crippen LogP contribution in [0, 0.1) is 3.57 Å². The highest BCUT2D eigenvalue weighted by Crippen LogP contribution is 2.23. The summed E-state index contributed by atoms with van der Waals surface area (Å²) in [6.45, 7) is 0. The average Bonchev–Trinajstić information content (AvgIpc) is 2.64. The Balaban J connectivity index is 1.84. The van der Waals surface area contributed by atoms with Crippen LogP contribution in [0.25, 0.3) is 0 Å². The summed E-state index contributed by atoms with van der Waals surface area (Å²) in [5.74, 6) is -0.621. The second-order valence-electron chi connectivity index (χ2n) is 5.41. The van der Waals surface area contributed by atoms with Gasteiger partial charge < -0.3 is 10.6 Å². The lowest BCUT2D eigenvalue weighted by Gasteiger charge is -2.12. The third-order valence-electron chi connectivity index (χ3n) is 3.66. The van der Waals surface area contributed by atoms with Crippen LogP contribution in [-0.2, 0) is 0 Å².